The quantitative estimate of drug-likeness (QED) is 0.649. The van der Waals surface area contributed by atoms with Crippen molar-refractivity contribution in [3.8, 4) is 0 Å². The minimum Gasteiger partial charge on any atom is -0.466 e. The molecular weight excluding hydrogens is 291 g/mol. The molecule has 116 valence electrons. The smallest absolute Gasteiger partial charge is 0.441 e. The molecule has 1 amide bonds. The van der Waals surface area contributed by atoms with Crippen LogP contribution in [0.15, 0.2) is 18.3 Å². The van der Waals surface area contributed by atoms with Crippen LogP contribution in [0, 0.1) is 6.92 Å². The lowest BCUT2D eigenvalue weighted by Crippen LogP contribution is -2.69. The van der Waals surface area contributed by atoms with Gasteiger partial charge >= 0.3 is 17.8 Å². The number of aryl methyl sites for hydroxylation is 1. The van der Waals surface area contributed by atoms with Crippen LogP contribution in [0.4, 0.5) is 19.0 Å². The van der Waals surface area contributed by atoms with Crippen LogP contribution in [0.25, 0.3) is 0 Å². The van der Waals surface area contributed by atoms with Gasteiger partial charge in [-0.05, 0) is 24.6 Å². The molecule has 0 fully saturated rings. The molecule has 6 nitrogen and oxygen atoms in total. The van der Waals surface area contributed by atoms with E-state index in [2.05, 4.69) is 9.72 Å². The van der Waals surface area contributed by atoms with Crippen LogP contribution in [-0.2, 0) is 14.3 Å². The number of ether oxygens (including phenoxy) is 1. The molecule has 0 aliphatic rings. The van der Waals surface area contributed by atoms with Crippen molar-refractivity contribution < 1.29 is 27.5 Å². The van der Waals surface area contributed by atoms with Gasteiger partial charge in [0, 0.05) is 13.1 Å². The summed E-state index contributed by atoms with van der Waals surface area (Å²) in [6, 6.07) is 2.86. The molecule has 0 aliphatic carbocycles. The monoisotopic (exact) mass is 305 g/mol. The SMILES string of the molecule is COC(=O)C(NC(C)=O)(Nc1cc(C)ccn1)C(F)(F)F. The van der Waals surface area contributed by atoms with Gasteiger partial charge in [0.15, 0.2) is 0 Å². The van der Waals surface area contributed by atoms with Gasteiger partial charge in [-0.1, -0.05) is 0 Å². The number of rotatable bonds is 4. The van der Waals surface area contributed by atoms with Crippen molar-refractivity contribution >= 4 is 17.7 Å². The third kappa shape index (κ3) is 3.61. The van der Waals surface area contributed by atoms with Crippen LogP contribution in [-0.4, -0.2) is 35.8 Å². The van der Waals surface area contributed by atoms with Crippen molar-refractivity contribution in [3.63, 3.8) is 0 Å². The summed E-state index contributed by atoms with van der Waals surface area (Å²) >= 11 is 0. The molecule has 1 unspecified atom stereocenters. The minimum absolute atomic E-state index is 0.230. The predicted octanol–water partition coefficient (Wildman–Crippen LogP) is 1.37. The summed E-state index contributed by atoms with van der Waals surface area (Å²) in [6.07, 6.45) is -3.87. The number of aromatic nitrogens is 1. The number of nitrogens with zero attached hydrogens (tertiary/aromatic N) is 1. The Morgan fingerprint density at radius 1 is 1.33 bits per heavy atom. The number of esters is 1. The summed E-state index contributed by atoms with van der Waals surface area (Å²) in [5.41, 5.74) is -2.79. The van der Waals surface area contributed by atoms with E-state index >= 15 is 0 Å². The molecule has 0 bridgehead atoms. The second kappa shape index (κ2) is 5.98. The average molecular weight is 305 g/mol. The number of halogens is 3. The molecule has 1 aromatic rings. The largest absolute Gasteiger partial charge is 0.466 e. The van der Waals surface area contributed by atoms with Gasteiger partial charge in [0.25, 0.3) is 0 Å². The Balaban J connectivity index is 3.34. The average Bonchev–Trinajstić information content (AvgIpc) is 2.35. The fourth-order valence-corrected chi connectivity index (χ4v) is 1.60. The highest BCUT2D eigenvalue weighted by molar-refractivity contribution is 5.90. The Bertz CT molecular complexity index is 548. The van der Waals surface area contributed by atoms with Crippen LogP contribution >= 0.6 is 0 Å². The van der Waals surface area contributed by atoms with Crippen LogP contribution in [0.2, 0.25) is 0 Å². The number of pyridine rings is 1. The van der Waals surface area contributed by atoms with E-state index in [1.54, 1.807) is 18.3 Å². The normalized spacial score (nSPS) is 14.0. The number of amides is 1. The molecule has 21 heavy (non-hydrogen) atoms. The molecule has 0 aliphatic heterocycles. The molecule has 0 aromatic carbocycles. The van der Waals surface area contributed by atoms with Crippen LogP contribution in [0.1, 0.15) is 12.5 Å². The van der Waals surface area contributed by atoms with E-state index in [1.165, 1.54) is 12.3 Å². The second-order valence-electron chi connectivity index (χ2n) is 4.26. The van der Waals surface area contributed by atoms with Gasteiger partial charge in [-0.2, -0.15) is 13.2 Å². The molecule has 0 saturated carbocycles. The maximum absolute atomic E-state index is 13.4. The molecule has 1 aromatic heterocycles. The highest BCUT2D eigenvalue weighted by Gasteiger charge is 2.63. The van der Waals surface area contributed by atoms with Crippen molar-refractivity contribution in [3.05, 3.63) is 23.9 Å². The van der Waals surface area contributed by atoms with E-state index in [0.29, 0.717) is 5.56 Å². The number of anilines is 1. The van der Waals surface area contributed by atoms with Crippen LogP contribution < -0.4 is 10.6 Å². The van der Waals surface area contributed by atoms with E-state index < -0.39 is 23.7 Å². The minimum atomic E-state index is -5.14. The fourth-order valence-electron chi connectivity index (χ4n) is 1.60. The molecule has 0 radical (unpaired) electrons. The zero-order chi connectivity index (χ0) is 16.3. The molecule has 0 spiro atoms. The van der Waals surface area contributed by atoms with Gasteiger partial charge in [-0.15, -0.1) is 0 Å². The predicted molar refractivity (Wildman–Crippen MR) is 67.2 cm³/mol. The Kier molecular flexibility index (Phi) is 4.77. The first-order chi connectivity index (χ1) is 9.62. The van der Waals surface area contributed by atoms with Gasteiger partial charge in [0.2, 0.25) is 5.91 Å². The number of nitrogens with one attached hydrogen (secondary N) is 2. The van der Waals surface area contributed by atoms with Gasteiger partial charge in [0.1, 0.15) is 5.82 Å². The Morgan fingerprint density at radius 3 is 2.38 bits per heavy atom. The molecule has 9 heteroatoms. The summed E-state index contributed by atoms with van der Waals surface area (Å²) in [6.45, 7) is 2.49. The van der Waals surface area contributed by atoms with Gasteiger partial charge in [-0.25, -0.2) is 9.78 Å². The second-order valence-corrected chi connectivity index (χ2v) is 4.26. The zero-order valence-corrected chi connectivity index (χ0v) is 11.5. The van der Waals surface area contributed by atoms with Gasteiger partial charge in [0.05, 0.1) is 7.11 Å². The Hall–Kier alpha value is -2.32. The number of alkyl halides is 3. The third-order valence-corrected chi connectivity index (χ3v) is 2.51. The van der Waals surface area contributed by atoms with Gasteiger partial charge in [-0.3, -0.25) is 4.79 Å². The van der Waals surface area contributed by atoms with Crippen molar-refractivity contribution in [1.29, 1.82) is 0 Å². The summed E-state index contributed by atoms with van der Waals surface area (Å²) in [5, 5.41) is 3.48. The topological polar surface area (TPSA) is 80.3 Å². The highest BCUT2D eigenvalue weighted by atomic mass is 19.4. The van der Waals surface area contributed by atoms with Crippen molar-refractivity contribution in [1.82, 2.24) is 10.3 Å². The first-order valence-corrected chi connectivity index (χ1v) is 5.77. The maximum Gasteiger partial charge on any atom is 0.441 e. The molecule has 0 saturated heterocycles. The maximum atomic E-state index is 13.4. The number of carbonyl (C=O) groups is 2. The Labute approximate surface area is 118 Å². The standard InChI is InChI=1S/C12H14F3N3O3/c1-7-4-5-16-9(6-7)18-11(10(20)21-3,12(13,14)15)17-8(2)19/h4-6H,1-3H3,(H,16,18)(H,17,19). The summed E-state index contributed by atoms with van der Waals surface area (Å²) in [7, 11) is 0.788. The Morgan fingerprint density at radius 2 is 1.95 bits per heavy atom. The zero-order valence-electron chi connectivity index (χ0n) is 11.5. The number of hydrogen-bond acceptors (Lipinski definition) is 5. The van der Waals surface area contributed by atoms with E-state index in [4.69, 9.17) is 0 Å². The van der Waals surface area contributed by atoms with Crippen molar-refractivity contribution in [2.45, 2.75) is 25.7 Å². The fraction of sp³-hybridized carbons (Fsp3) is 0.417. The molecule has 2 N–H and O–H groups in total. The van der Waals surface area contributed by atoms with E-state index in [1.807, 2.05) is 5.32 Å². The van der Waals surface area contributed by atoms with Crippen LogP contribution in [0.3, 0.4) is 0 Å². The summed E-state index contributed by atoms with van der Waals surface area (Å²) in [4.78, 5) is 26.5. The van der Waals surface area contributed by atoms with E-state index in [-0.39, 0.29) is 5.82 Å². The first kappa shape index (κ1) is 16.7. The third-order valence-electron chi connectivity index (χ3n) is 2.51. The lowest BCUT2D eigenvalue weighted by atomic mass is 10.1. The lowest BCUT2D eigenvalue weighted by molar-refractivity contribution is -0.206. The van der Waals surface area contributed by atoms with E-state index in [0.717, 1.165) is 14.0 Å². The highest BCUT2D eigenvalue weighted by Crippen LogP contribution is 2.32. The van der Waals surface area contributed by atoms with Crippen LogP contribution in [0.5, 0.6) is 0 Å². The number of methoxy groups -OCH3 is 1. The summed E-state index contributed by atoms with van der Waals surface area (Å²) in [5.74, 6) is -2.99. The molecular formula is C12H14F3N3O3. The number of carbonyl (C=O) groups excluding carboxylic acids is 2. The van der Waals surface area contributed by atoms with Crippen molar-refractivity contribution in [2.75, 3.05) is 12.4 Å². The molecule has 1 atom stereocenters. The lowest BCUT2D eigenvalue weighted by Gasteiger charge is -2.34. The number of hydrogen-bond donors (Lipinski definition) is 2. The van der Waals surface area contributed by atoms with E-state index in [9.17, 15) is 22.8 Å². The first-order valence-electron chi connectivity index (χ1n) is 5.77. The van der Waals surface area contributed by atoms with Crippen molar-refractivity contribution in [2.24, 2.45) is 0 Å². The summed E-state index contributed by atoms with van der Waals surface area (Å²) < 4.78 is 44.2. The molecule has 1 heterocycles. The molecule has 1 rings (SSSR count). The van der Waals surface area contributed by atoms with Gasteiger partial charge < -0.3 is 15.4 Å².